The first-order chi connectivity index (χ1) is 11.3. The van der Waals surface area contributed by atoms with Crippen molar-refractivity contribution in [2.45, 2.75) is 6.54 Å². The number of aromatic nitrogens is 4. The second kappa shape index (κ2) is 5.39. The maximum Gasteiger partial charge on any atom is 0.155 e. The van der Waals surface area contributed by atoms with Gasteiger partial charge in [-0.3, -0.25) is 0 Å². The van der Waals surface area contributed by atoms with Crippen LogP contribution in [0.5, 0.6) is 0 Å². The lowest BCUT2D eigenvalue weighted by Gasteiger charge is -2.08. The molecule has 6 nitrogen and oxygen atoms in total. The monoisotopic (exact) mass is 300 g/mol. The molecule has 1 aromatic carbocycles. The summed E-state index contributed by atoms with van der Waals surface area (Å²) in [5, 5.41) is 17.4. The van der Waals surface area contributed by atoms with E-state index in [1.807, 2.05) is 36.4 Å². The van der Waals surface area contributed by atoms with E-state index >= 15 is 0 Å². The lowest BCUT2D eigenvalue weighted by molar-refractivity contribution is 0.852. The molecule has 0 atom stereocenters. The predicted octanol–water partition coefficient (Wildman–Crippen LogP) is 2.76. The molecule has 23 heavy (non-hydrogen) atoms. The fourth-order valence-electron chi connectivity index (χ4n) is 2.49. The number of anilines is 1. The van der Waals surface area contributed by atoms with Crippen molar-refractivity contribution in [1.82, 2.24) is 19.6 Å². The Kier molecular flexibility index (Phi) is 3.10. The molecule has 4 rings (SSSR count). The van der Waals surface area contributed by atoms with Crippen LogP contribution in [0.3, 0.4) is 0 Å². The number of benzene rings is 1. The fraction of sp³-hybridized carbons (Fsp3) is 0.0588. The highest BCUT2D eigenvalue weighted by Gasteiger charge is 2.03. The van der Waals surface area contributed by atoms with Gasteiger partial charge in [0.05, 0.1) is 35.6 Å². The molecule has 4 aromatic rings. The van der Waals surface area contributed by atoms with Gasteiger partial charge in [0.15, 0.2) is 5.65 Å². The second-order valence-electron chi connectivity index (χ2n) is 5.11. The average Bonchev–Trinajstić information content (AvgIpc) is 3.08. The molecule has 0 aliphatic rings. The van der Waals surface area contributed by atoms with Crippen LogP contribution in [-0.4, -0.2) is 19.6 Å². The van der Waals surface area contributed by atoms with E-state index in [-0.39, 0.29) is 0 Å². The Labute approximate surface area is 132 Å². The quantitative estimate of drug-likeness (QED) is 0.629. The minimum absolute atomic E-state index is 0.593. The van der Waals surface area contributed by atoms with Crippen LogP contribution in [0.15, 0.2) is 54.9 Å². The Morgan fingerprint density at radius 1 is 1.09 bits per heavy atom. The van der Waals surface area contributed by atoms with E-state index in [1.165, 1.54) is 0 Å². The van der Waals surface area contributed by atoms with Crippen LogP contribution in [0.4, 0.5) is 5.82 Å². The lowest BCUT2D eigenvalue weighted by Crippen LogP contribution is -2.07. The molecule has 0 amide bonds. The van der Waals surface area contributed by atoms with Gasteiger partial charge in [0.2, 0.25) is 0 Å². The zero-order chi connectivity index (χ0) is 15.6. The summed E-state index contributed by atoms with van der Waals surface area (Å²) in [5.41, 5.74) is 3.31. The molecule has 110 valence electrons. The summed E-state index contributed by atoms with van der Waals surface area (Å²) in [6, 6.07) is 15.3. The summed E-state index contributed by atoms with van der Waals surface area (Å²) in [4.78, 5) is 8.81. The highest BCUT2D eigenvalue weighted by molar-refractivity contribution is 5.81. The molecule has 0 saturated heterocycles. The molecule has 0 bridgehead atoms. The van der Waals surface area contributed by atoms with Crippen molar-refractivity contribution in [3.63, 3.8) is 0 Å². The van der Waals surface area contributed by atoms with Crippen molar-refractivity contribution in [2.24, 2.45) is 0 Å². The summed E-state index contributed by atoms with van der Waals surface area (Å²) in [6.07, 6.45) is 3.50. The van der Waals surface area contributed by atoms with Crippen LogP contribution in [-0.2, 0) is 6.54 Å². The minimum Gasteiger partial charge on any atom is -0.364 e. The van der Waals surface area contributed by atoms with Crippen LogP contribution in [0.1, 0.15) is 11.3 Å². The summed E-state index contributed by atoms with van der Waals surface area (Å²) < 4.78 is 1.80. The Hall–Kier alpha value is -3.46. The molecular formula is C17H12N6. The molecule has 0 aliphatic carbocycles. The molecule has 0 fully saturated rings. The third-order valence-corrected chi connectivity index (χ3v) is 3.64. The third-order valence-electron chi connectivity index (χ3n) is 3.64. The van der Waals surface area contributed by atoms with Gasteiger partial charge in [-0.25, -0.2) is 14.5 Å². The van der Waals surface area contributed by atoms with Crippen molar-refractivity contribution >= 4 is 22.4 Å². The Bertz CT molecular complexity index is 1040. The molecule has 3 heterocycles. The van der Waals surface area contributed by atoms with Crippen molar-refractivity contribution < 1.29 is 0 Å². The van der Waals surface area contributed by atoms with Gasteiger partial charge in [0, 0.05) is 17.6 Å². The number of nitriles is 1. The molecule has 0 unspecified atom stereocenters. The van der Waals surface area contributed by atoms with E-state index in [0.29, 0.717) is 12.1 Å². The van der Waals surface area contributed by atoms with Gasteiger partial charge in [0.25, 0.3) is 0 Å². The molecular weight excluding hydrogens is 288 g/mol. The van der Waals surface area contributed by atoms with Gasteiger partial charge >= 0.3 is 0 Å². The third kappa shape index (κ3) is 2.45. The Balaban J connectivity index is 1.60. The molecule has 1 N–H and O–H groups in total. The summed E-state index contributed by atoms with van der Waals surface area (Å²) in [6.45, 7) is 0.593. The van der Waals surface area contributed by atoms with E-state index in [4.69, 9.17) is 5.26 Å². The number of pyridine rings is 1. The van der Waals surface area contributed by atoms with Crippen LogP contribution in [0.25, 0.3) is 16.6 Å². The predicted molar refractivity (Wildman–Crippen MR) is 86.8 cm³/mol. The fourth-order valence-corrected chi connectivity index (χ4v) is 2.49. The van der Waals surface area contributed by atoms with E-state index in [2.05, 4.69) is 26.5 Å². The maximum absolute atomic E-state index is 8.93. The van der Waals surface area contributed by atoms with E-state index in [0.717, 1.165) is 28.1 Å². The van der Waals surface area contributed by atoms with Crippen molar-refractivity contribution in [1.29, 1.82) is 5.26 Å². The summed E-state index contributed by atoms with van der Waals surface area (Å²) in [5.74, 6) is 0.777. The largest absolute Gasteiger partial charge is 0.364 e. The average molecular weight is 300 g/mol. The van der Waals surface area contributed by atoms with Gasteiger partial charge < -0.3 is 5.32 Å². The molecule has 0 aliphatic heterocycles. The van der Waals surface area contributed by atoms with E-state index in [9.17, 15) is 0 Å². The van der Waals surface area contributed by atoms with Crippen LogP contribution in [0.2, 0.25) is 0 Å². The first-order valence-corrected chi connectivity index (χ1v) is 7.16. The summed E-state index contributed by atoms with van der Waals surface area (Å²) >= 11 is 0. The number of fused-ring (bicyclic) bond motifs is 2. The topological polar surface area (TPSA) is 78.9 Å². The Morgan fingerprint density at radius 3 is 2.96 bits per heavy atom. The number of hydrogen-bond donors (Lipinski definition) is 1. The minimum atomic E-state index is 0.593. The molecule has 3 aromatic heterocycles. The first kappa shape index (κ1) is 13.2. The van der Waals surface area contributed by atoms with Gasteiger partial charge in [-0.15, -0.1) is 0 Å². The van der Waals surface area contributed by atoms with Gasteiger partial charge in [-0.05, 0) is 36.4 Å². The number of rotatable bonds is 3. The second-order valence-corrected chi connectivity index (χ2v) is 5.11. The highest BCUT2D eigenvalue weighted by Crippen LogP contribution is 2.17. The van der Waals surface area contributed by atoms with E-state index in [1.54, 1.807) is 23.0 Å². The normalized spacial score (nSPS) is 10.7. The maximum atomic E-state index is 8.93. The number of nitrogens with zero attached hydrogens (tertiary/aromatic N) is 5. The standard InChI is InChI=1S/C17H12N6/c18-10-12-1-3-15-13(9-12)2-4-16(22-15)20-11-14-5-7-19-17-6-8-21-23(14)17/h1-9H,11H2,(H,20,22). The zero-order valence-electron chi connectivity index (χ0n) is 12.1. The SMILES string of the molecule is N#Cc1ccc2nc(NCc3ccnc4ccnn34)ccc2c1. The first-order valence-electron chi connectivity index (χ1n) is 7.16. The smallest absolute Gasteiger partial charge is 0.155 e. The lowest BCUT2D eigenvalue weighted by atomic mass is 10.1. The highest BCUT2D eigenvalue weighted by atomic mass is 15.3. The van der Waals surface area contributed by atoms with E-state index < -0.39 is 0 Å². The summed E-state index contributed by atoms with van der Waals surface area (Å²) in [7, 11) is 0. The molecule has 0 spiro atoms. The van der Waals surface area contributed by atoms with Crippen molar-refractivity contribution in [3.05, 3.63) is 66.1 Å². The number of nitrogens with one attached hydrogen (secondary N) is 1. The van der Waals surface area contributed by atoms with Crippen molar-refractivity contribution in [3.8, 4) is 6.07 Å². The molecule has 6 heteroatoms. The Morgan fingerprint density at radius 2 is 2.04 bits per heavy atom. The van der Waals surface area contributed by atoms with Crippen LogP contribution < -0.4 is 5.32 Å². The molecule has 0 radical (unpaired) electrons. The van der Waals surface area contributed by atoms with Crippen molar-refractivity contribution in [2.75, 3.05) is 5.32 Å². The van der Waals surface area contributed by atoms with Gasteiger partial charge in [-0.1, -0.05) is 0 Å². The van der Waals surface area contributed by atoms with Gasteiger partial charge in [0.1, 0.15) is 5.82 Å². The van der Waals surface area contributed by atoms with Gasteiger partial charge in [-0.2, -0.15) is 10.4 Å². The number of hydrogen-bond acceptors (Lipinski definition) is 5. The molecule has 0 saturated carbocycles. The van der Waals surface area contributed by atoms with Crippen LogP contribution in [0, 0.1) is 11.3 Å². The zero-order valence-corrected chi connectivity index (χ0v) is 12.1. The van der Waals surface area contributed by atoms with Crippen LogP contribution >= 0.6 is 0 Å².